The second-order valence-electron chi connectivity index (χ2n) is 6.65. The second kappa shape index (κ2) is 7.61. The van der Waals surface area contributed by atoms with E-state index in [1.165, 1.54) is 7.11 Å². The Bertz CT molecular complexity index is 907. The van der Waals surface area contributed by atoms with Crippen molar-refractivity contribution in [3.05, 3.63) is 59.2 Å². The van der Waals surface area contributed by atoms with Crippen LogP contribution in [0.4, 0.5) is 11.4 Å². The van der Waals surface area contributed by atoms with Gasteiger partial charge in [0.2, 0.25) is 11.8 Å². The Morgan fingerprint density at radius 1 is 1.11 bits per heavy atom. The third-order valence-corrected chi connectivity index (χ3v) is 4.95. The largest absolute Gasteiger partial charge is 0.465 e. The number of aryl methyl sites for hydroxylation is 1. The van der Waals surface area contributed by atoms with Crippen molar-refractivity contribution in [1.29, 1.82) is 0 Å². The summed E-state index contributed by atoms with van der Waals surface area (Å²) in [6.07, 6.45) is 0.138. The van der Waals surface area contributed by atoms with Gasteiger partial charge in [0.25, 0.3) is 0 Å². The molecule has 1 atom stereocenters. The highest BCUT2D eigenvalue weighted by molar-refractivity contribution is 6.06. The molecule has 0 bridgehead atoms. The first-order valence-electron chi connectivity index (χ1n) is 8.77. The topological polar surface area (TPSA) is 75.7 Å². The number of carbonyl (C=O) groups excluding carboxylic acids is 3. The van der Waals surface area contributed by atoms with Crippen LogP contribution < -0.4 is 10.2 Å². The smallest absolute Gasteiger partial charge is 0.339 e. The molecule has 0 spiro atoms. The van der Waals surface area contributed by atoms with Gasteiger partial charge >= 0.3 is 5.97 Å². The number of para-hydroxylation sites is 1. The second-order valence-corrected chi connectivity index (χ2v) is 6.65. The molecular formula is C21H22N2O4. The lowest BCUT2D eigenvalue weighted by Crippen LogP contribution is -2.29. The Morgan fingerprint density at radius 2 is 1.85 bits per heavy atom. The zero-order chi connectivity index (χ0) is 19.6. The molecule has 1 aliphatic rings. The maximum Gasteiger partial charge on any atom is 0.339 e. The van der Waals surface area contributed by atoms with Crippen LogP contribution in [0.1, 0.15) is 27.9 Å². The van der Waals surface area contributed by atoms with Crippen LogP contribution in [-0.2, 0) is 14.3 Å². The van der Waals surface area contributed by atoms with E-state index in [4.69, 9.17) is 4.74 Å². The SMILES string of the molecule is COC(=O)c1ccccc1NC(=O)C1CC(=O)N(c2cccc(C)c2C)C1. The molecule has 6 nitrogen and oxygen atoms in total. The quantitative estimate of drug-likeness (QED) is 0.844. The Morgan fingerprint density at radius 3 is 2.59 bits per heavy atom. The standard InChI is InChI=1S/C21H22N2O4/c1-13-7-6-10-18(14(13)2)23-12-15(11-19(23)24)20(25)22-17-9-5-4-8-16(17)21(26)27-3/h4-10,15H,11-12H2,1-3H3,(H,22,25). The van der Waals surface area contributed by atoms with Gasteiger partial charge in [-0.3, -0.25) is 9.59 Å². The summed E-state index contributed by atoms with van der Waals surface area (Å²) in [5, 5.41) is 2.77. The third-order valence-electron chi connectivity index (χ3n) is 4.95. The fraction of sp³-hybridized carbons (Fsp3) is 0.286. The zero-order valence-electron chi connectivity index (χ0n) is 15.6. The first-order chi connectivity index (χ1) is 12.9. The van der Waals surface area contributed by atoms with E-state index in [0.29, 0.717) is 12.2 Å². The number of anilines is 2. The van der Waals surface area contributed by atoms with Crippen LogP contribution in [0.3, 0.4) is 0 Å². The molecule has 1 saturated heterocycles. The number of ether oxygens (including phenoxy) is 1. The van der Waals surface area contributed by atoms with Gasteiger partial charge in [-0.1, -0.05) is 24.3 Å². The molecule has 1 heterocycles. The molecule has 2 aromatic rings. The number of rotatable bonds is 4. The summed E-state index contributed by atoms with van der Waals surface area (Å²) >= 11 is 0. The van der Waals surface area contributed by atoms with Gasteiger partial charge in [0.15, 0.2) is 0 Å². The summed E-state index contributed by atoms with van der Waals surface area (Å²) in [5.74, 6) is -1.37. The van der Waals surface area contributed by atoms with Gasteiger partial charge in [0.1, 0.15) is 0 Å². The minimum absolute atomic E-state index is 0.0786. The van der Waals surface area contributed by atoms with Gasteiger partial charge in [-0.05, 0) is 43.2 Å². The average Bonchev–Trinajstić information content (AvgIpc) is 3.05. The van der Waals surface area contributed by atoms with E-state index < -0.39 is 11.9 Å². The number of nitrogens with zero attached hydrogens (tertiary/aromatic N) is 1. The van der Waals surface area contributed by atoms with Crippen LogP contribution in [0.5, 0.6) is 0 Å². The van der Waals surface area contributed by atoms with Crippen LogP contribution in [0.15, 0.2) is 42.5 Å². The van der Waals surface area contributed by atoms with E-state index in [-0.39, 0.29) is 23.8 Å². The van der Waals surface area contributed by atoms with Crippen molar-refractivity contribution in [1.82, 2.24) is 0 Å². The van der Waals surface area contributed by atoms with Crippen molar-refractivity contribution >= 4 is 29.2 Å². The molecule has 0 radical (unpaired) electrons. The van der Waals surface area contributed by atoms with Crippen molar-refractivity contribution in [2.45, 2.75) is 20.3 Å². The molecular weight excluding hydrogens is 344 g/mol. The predicted molar refractivity (Wildman–Crippen MR) is 103 cm³/mol. The molecule has 1 N–H and O–H groups in total. The van der Waals surface area contributed by atoms with E-state index in [9.17, 15) is 14.4 Å². The molecule has 6 heteroatoms. The van der Waals surface area contributed by atoms with Gasteiger partial charge in [-0.2, -0.15) is 0 Å². The fourth-order valence-corrected chi connectivity index (χ4v) is 3.26. The number of amides is 2. The van der Waals surface area contributed by atoms with Gasteiger partial charge in [-0.25, -0.2) is 4.79 Å². The molecule has 0 aliphatic carbocycles. The van der Waals surface area contributed by atoms with Crippen LogP contribution in [0.2, 0.25) is 0 Å². The summed E-state index contributed by atoms with van der Waals surface area (Å²) in [6, 6.07) is 12.5. The summed E-state index contributed by atoms with van der Waals surface area (Å²) in [4.78, 5) is 38.7. The first kappa shape index (κ1) is 18.6. The highest BCUT2D eigenvalue weighted by Crippen LogP contribution is 2.30. The minimum Gasteiger partial charge on any atom is -0.465 e. The maximum absolute atomic E-state index is 12.7. The highest BCUT2D eigenvalue weighted by Gasteiger charge is 2.36. The Balaban J connectivity index is 1.77. The molecule has 1 unspecified atom stereocenters. The van der Waals surface area contributed by atoms with E-state index in [0.717, 1.165) is 16.8 Å². The number of hydrogen-bond donors (Lipinski definition) is 1. The molecule has 3 rings (SSSR count). The van der Waals surface area contributed by atoms with Gasteiger partial charge in [-0.15, -0.1) is 0 Å². The number of carbonyl (C=O) groups is 3. The van der Waals surface area contributed by atoms with E-state index in [2.05, 4.69) is 5.32 Å². The van der Waals surface area contributed by atoms with Crippen LogP contribution in [-0.4, -0.2) is 31.4 Å². The van der Waals surface area contributed by atoms with Crippen molar-refractivity contribution in [2.24, 2.45) is 5.92 Å². The number of nitrogens with one attached hydrogen (secondary N) is 1. The van der Waals surface area contributed by atoms with Crippen molar-refractivity contribution in [2.75, 3.05) is 23.9 Å². The molecule has 0 saturated carbocycles. The highest BCUT2D eigenvalue weighted by atomic mass is 16.5. The molecule has 140 valence electrons. The summed E-state index contributed by atoms with van der Waals surface area (Å²) in [6.45, 7) is 4.28. The van der Waals surface area contributed by atoms with Gasteiger partial charge in [0.05, 0.1) is 24.3 Å². The van der Waals surface area contributed by atoms with E-state index >= 15 is 0 Å². The predicted octanol–water partition coefficient (Wildman–Crippen LogP) is 3.08. The van der Waals surface area contributed by atoms with E-state index in [1.807, 2.05) is 32.0 Å². The molecule has 0 aromatic heterocycles. The van der Waals surface area contributed by atoms with Gasteiger partial charge in [0, 0.05) is 18.7 Å². The van der Waals surface area contributed by atoms with Crippen LogP contribution in [0, 0.1) is 19.8 Å². The molecule has 27 heavy (non-hydrogen) atoms. The van der Waals surface area contributed by atoms with Crippen LogP contribution in [0.25, 0.3) is 0 Å². The van der Waals surface area contributed by atoms with Crippen molar-refractivity contribution in [3.63, 3.8) is 0 Å². The Kier molecular flexibility index (Phi) is 5.26. The maximum atomic E-state index is 12.7. The van der Waals surface area contributed by atoms with Crippen LogP contribution >= 0.6 is 0 Å². The molecule has 2 aromatic carbocycles. The fourth-order valence-electron chi connectivity index (χ4n) is 3.26. The number of hydrogen-bond acceptors (Lipinski definition) is 4. The lowest BCUT2D eigenvalue weighted by atomic mass is 10.1. The third kappa shape index (κ3) is 3.69. The molecule has 2 amide bonds. The van der Waals surface area contributed by atoms with Crippen molar-refractivity contribution < 1.29 is 19.1 Å². The van der Waals surface area contributed by atoms with Crippen molar-refractivity contribution in [3.8, 4) is 0 Å². The normalized spacial score (nSPS) is 16.3. The summed E-state index contributed by atoms with van der Waals surface area (Å²) in [5.41, 5.74) is 3.63. The lowest BCUT2D eigenvalue weighted by molar-refractivity contribution is -0.122. The van der Waals surface area contributed by atoms with Gasteiger partial charge < -0.3 is 15.0 Å². The Hall–Kier alpha value is -3.15. The summed E-state index contributed by atoms with van der Waals surface area (Å²) in [7, 11) is 1.29. The first-order valence-corrected chi connectivity index (χ1v) is 8.77. The van der Waals surface area contributed by atoms with E-state index in [1.54, 1.807) is 29.2 Å². The zero-order valence-corrected chi connectivity index (χ0v) is 15.6. The lowest BCUT2D eigenvalue weighted by Gasteiger charge is -2.20. The summed E-state index contributed by atoms with van der Waals surface area (Å²) < 4.78 is 4.75. The monoisotopic (exact) mass is 366 g/mol. The average molecular weight is 366 g/mol. The minimum atomic E-state index is -0.523. The molecule has 1 fully saturated rings. The number of esters is 1. The number of benzene rings is 2. The molecule has 1 aliphatic heterocycles. The number of methoxy groups -OCH3 is 1. The Labute approximate surface area is 158 Å².